The van der Waals surface area contributed by atoms with Crippen LogP contribution in [0.25, 0.3) is 21.8 Å². The van der Waals surface area contributed by atoms with Gasteiger partial charge in [0, 0.05) is 63.0 Å². The second-order valence-electron chi connectivity index (χ2n) is 12.0. The fourth-order valence-corrected chi connectivity index (χ4v) is 7.09. The van der Waals surface area contributed by atoms with Crippen molar-refractivity contribution >= 4 is 27.8 Å². The lowest BCUT2D eigenvalue weighted by Gasteiger charge is -2.32. The number of esters is 1. The zero-order chi connectivity index (χ0) is 28.2. The Morgan fingerprint density at radius 1 is 0.675 bits per heavy atom. The summed E-state index contributed by atoms with van der Waals surface area (Å²) in [5.41, 5.74) is 7.67. The maximum atomic E-state index is 13.8. The minimum Gasteiger partial charge on any atom is -0.440 e. The highest BCUT2D eigenvalue weighted by atomic mass is 16.6. The quantitative estimate of drug-likeness (QED) is 0.188. The number of carbonyl (C=O) groups is 1. The second-order valence-corrected chi connectivity index (χ2v) is 12.0. The summed E-state index contributed by atoms with van der Waals surface area (Å²) < 4.78 is 11.8. The minimum absolute atomic E-state index is 0.249. The zero-order valence-corrected chi connectivity index (χ0v) is 24.6. The van der Waals surface area contributed by atoms with Crippen LogP contribution in [0.1, 0.15) is 80.0 Å². The lowest BCUT2D eigenvalue weighted by Crippen LogP contribution is -2.32. The largest absolute Gasteiger partial charge is 0.440 e. The van der Waals surface area contributed by atoms with Gasteiger partial charge in [-0.15, -0.1) is 0 Å². The van der Waals surface area contributed by atoms with Crippen molar-refractivity contribution in [2.24, 2.45) is 11.8 Å². The van der Waals surface area contributed by atoms with Crippen molar-refractivity contribution < 1.29 is 9.53 Å². The molecular weight excluding hydrogens is 492 g/mol. The van der Waals surface area contributed by atoms with Crippen LogP contribution >= 0.6 is 0 Å². The van der Waals surface area contributed by atoms with E-state index < -0.39 is 5.60 Å². The Balaban J connectivity index is 1.84. The number of para-hydroxylation sites is 2. The molecule has 0 amide bonds. The van der Waals surface area contributed by atoms with Gasteiger partial charge in [-0.2, -0.15) is 0 Å². The number of hydrogen-bond donors (Lipinski definition) is 0. The molecule has 3 heterocycles. The number of cyclic esters (lactones) is 1. The Morgan fingerprint density at radius 2 is 1.12 bits per heavy atom. The Labute approximate surface area is 237 Å². The summed E-state index contributed by atoms with van der Waals surface area (Å²) in [5, 5.41) is 2.32. The maximum Gasteiger partial charge on any atom is 0.340 e. The molecule has 206 valence electrons. The molecule has 5 aromatic rings. The van der Waals surface area contributed by atoms with Gasteiger partial charge >= 0.3 is 5.97 Å². The molecule has 6 rings (SSSR count). The van der Waals surface area contributed by atoms with E-state index >= 15 is 0 Å². The number of aromatic nitrogens is 2. The van der Waals surface area contributed by atoms with Crippen molar-refractivity contribution in [3.05, 3.63) is 106 Å². The molecule has 40 heavy (non-hydrogen) atoms. The van der Waals surface area contributed by atoms with Gasteiger partial charge in [0.15, 0.2) is 5.60 Å². The molecule has 1 aliphatic rings. The van der Waals surface area contributed by atoms with Gasteiger partial charge in [0.2, 0.25) is 0 Å². The van der Waals surface area contributed by atoms with Crippen LogP contribution < -0.4 is 0 Å². The van der Waals surface area contributed by atoms with E-state index in [0.29, 0.717) is 17.4 Å². The Morgan fingerprint density at radius 3 is 1.60 bits per heavy atom. The predicted octanol–water partition coefficient (Wildman–Crippen LogP) is 8.50. The molecule has 3 aromatic carbocycles. The number of benzene rings is 3. The number of carbonyl (C=O) groups excluding carboxylic acids is 1. The molecule has 4 heteroatoms. The van der Waals surface area contributed by atoms with Gasteiger partial charge in [-0.3, -0.25) is 0 Å². The Kier molecular flexibility index (Phi) is 6.60. The molecule has 0 aliphatic carbocycles. The van der Waals surface area contributed by atoms with Gasteiger partial charge in [-0.05, 0) is 42.9 Å². The molecule has 0 spiro atoms. The van der Waals surface area contributed by atoms with Crippen LogP contribution in [-0.2, 0) is 36.3 Å². The molecule has 2 aromatic heterocycles. The first-order valence-electron chi connectivity index (χ1n) is 14.9. The van der Waals surface area contributed by atoms with Crippen LogP contribution in [0.4, 0.5) is 0 Å². The highest BCUT2D eigenvalue weighted by Crippen LogP contribution is 2.54. The molecular formula is C36H40N2O2. The SMILES string of the molecule is CCc1c(C2(c3c(CC)n(CC(C)C)c4ccccc34)OC(=O)c3ccccc32)c2ccccc2n1CC(C)C. The van der Waals surface area contributed by atoms with Gasteiger partial charge in [-0.25, -0.2) is 4.79 Å². The lowest BCUT2D eigenvalue weighted by atomic mass is 9.76. The standard InChI is InChI=1S/C36H40N2O2/c1-7-29-33(26-16-10-13-19-31(26)37(29)21-23(3)4)36(28-18-12-9-15-25(28)35(39)40-36)34-27-17-11-14-20-32(27)38(22-24(5)6)30(34)8-2/h9-20,23-24H,7-8,21-22H2,1-6H3. The Hall–Kier alpha value is -3.79. The molecule has 1 aliphatic heterocycles. The molecule has 0 atom stereocenters. The van der Waals surface area contributed by atoms with E-state index in [1.165, 1.54) is 22.4 Å². The van der Waals surface area contributed by atoms with E-state index in [0.717, 1.165) is 53.4 Å². The molecule has 0 N–H and O–H groups in total. The summed E-state index contributed by atoms with van der Waals surface area (Å²) in [7, 11) is 0. The minimum atomic E-state index is -1.05. The van der Waals surface area contributed by atoms with Gasteiger partial charge in [-0.1, -0.05) is 96.1 Å². The van der Waals surface area contributed by atoms with Crippen molar-refractivity contribution in [3.8, 4) is 0 Å². The second kappa shape index (κ2) is 9.99. The van der Waals surface area contributed by atoms with Gasteiger partial charge < -0.3 is 13.9 Å². The smallest absolute Gasteiger partial charge is 0.340 e. The van der Waals surface area contributed by atoms with Gasteiger partial charge in [0.1, 0.15) is 0 Å². The summed E-state index contributed by atoms with van der Waals surface area (Å²) in [5.74, 6) is 0.700. The normalized spacial score (nSPS) is 14.6. The summed E-state index contributed by atoms with van der Waals surface area (Å²) in [6, 6.07) is 25.4. The number of rotatable bonds is 8. The van der Waals surface area contributed by atoms with E-state index in [9.17, 15) is 4.79 Å². The number of fused-ring (bicyclic) bond motifs is 3. The number of hydrogen-bond acceptors (Lipinski definition) is 2. The van der Waals surface area contributed by atoms with Crippen LogP contribution in [0.3, 0.4) is 0 Å². The topological polar surface area (TPSA) is 36.2 Å². The molecule has 0 bridgehead atoms. The molecule has 0 saturated heterocycles. The molecule has 0 saturated carbocycles. The van der Waals surface area contributed by atoms with Crippen molar-refractivity contribution in [3.63, 3.8) is 0 Å². The monoisotopic (exact) mass is 532 g/mol. The van der Waals surface area contributed by atoms with E-state index in [4.69, 9.17) is 4.74 Å². The fraction of sp³-hybridized carbons (Fsp3) is 0.361. The van der Waals surface area contributed by atoms with Crippen molar-refractivity contribution in [2.75, 3.05) is 0 Å². The lowest BCUT2D eigenvalue weighted by molar-refractivity contribution is 0.0254. The van der Waals surface area contributed by atoms with Crippen LogP contribution in [0.15, 0.2) is 72.8 Å². The van der Waals surface area contributed by atoms with E-state index in [1.807, 2.05) is 18.2 Å². The summed E-state index contributed by atoms with van der Waals surface area (Å²) >= 11 is 0. The Bertz CT molecular complexity index is 1640. The zero-order valence-electron chi connectivity index (χ0n) is 24.6. The third-order valence-corrected chi connectivity index (χ3v) is 8.40. The molecule has 0 unspecified atom stereocenters. The first-order valence-corrected chi connectivity index (χ1v) is 14.9. The fourth-order valence-electron chi connectivity index (χ4n) is 7.09. The average molecular weight is 533 g/mol. The summed E-state index contributed by atoms with van der Waals surface area (Å²) in [4.78, 5) is 13.8. The molecule has 4 nitrogen and oxygen atoms in total. The first-order chi connectivity index (χ1) is 19.3. The predicted molar refractivity (Wildman–Crippen MR) is 164 cm³/mol. The number of ether oxygens (including phenoxy) is 1. The first kappa shape index (κ1) is 26.4. The van der Waals surface area contributed by atoms with Crippen molar-refractivity contribution in [1.29, 1.82) is 0 Å². The highest BCUT2D eigenvalue weighted by molar-refractivity contribution is 6.01. The molecule has 0 fully saturated rings. The summed E-state index contributed by atoms with van der Waals surface area (Å²) in [6.45, 7) is 15.3. The summed E-state index contributed by atoms with van der Waals surface area (Å²) in [6.07, 6.45) is 1.68. The van der Waals surface area contributed by atoms with E-state index in [1.54, 1.807) is 0 Å². The van der Waals surface area contributed by atoms with E-state index in [-0.39, 0.29) is 5.97 Å². The van der Waals surface area contributed by atoms with Crippen molar-refractivity contribution in [1.82, 2.24) is 9.13 Å². The van der Waals surface area contributed by atoms with Gasteiger partial charge in [0.25, 0.3) is 0 Å². The van der Waals surface area contributed by atoms with Gasteiger partial charge in [0.05, 0.1) is 5.56 Å². The highest BCUT2D eigenvalue weighted by Gasteiger charge is 2.53. The van der Waals surface area contributed by atoms with Crippen LogP contribution in [0.5, 0.6) is 0 Å². The van der Waals surface area contributed by atoms with E-state index in [2.05, 4.69) is 105 Å². The third-order valence-electron chi connectivity index (χ3n) is 8.40. The number of nitrogens with zero attached hydrogens (tertiary/aromatic N) is 2. The van der Waals surface area contributed by atoms with Crippen LogP contribution in [0, 0.1) is 11.8 Å². The van der Waals surface area contributed by atoms with Crippen LogP contribution in [-0.4, -0.2) is 15.1 Å². The van der Waals surface area contributed by atoms with Crippen LogP contribution in [0.2, 0.25) is 0 Å². The maximum absolute atomic E-state index is 13.8. The average Bonchev–Trinajstić information content (AvgIpc) is 3.54. The van der Waals surface area contributed by atoms with Crippen molar-refractivity contribution in [2.45, 2.75) is 73.1 Å². The molecule has 0 radical (unpaired) electrons. The third kappa shape index (κ3) is 3.76.